The zero-order valence-corrected chi connectivity index (χ0v) is 9.99. The van der Waals surface area contributed by atoms with E-state index < -0.39 is 0 Å². The van der Waals surface area contributed by atoms with E-state index in [1.54, 1.807) is 6.92 Å². The molecule has 1 aliphatic carbocycles. The summed E-state index contributed by atoms with van der Waals surface area (Å²) in [5.41, 5.74) is 0.851. The third kappa shape index (κ3) is 2.37. The fourth-order valence-electron chi connectivity index (χ4n) is 1.73. The summed E-state index contributed by atoms with van der Waals surface area (Å²) in [6, 6.07) is 0. The highest BCUT2D eigenvalue weighted by atomic mass is 32.1. The molecular formula is C11H16N2OS. The minimum atomic E-state index is 0.113. The van der Waals surface area contributed by atoms with E-state index in [9.17, 15) is 4.79 Å². The van der Waals surface area contributed by atoms with Crippen LogP contribution in [-0.2, 0) is 0 Å². The maximum atomic E-state index is 11.2. The first-order valence-corrected chi connectivity index (χ1v) is 6.20. The Morgan fingerprint density at radius 1 is 1.60 bits per heavy atom. The number of nitrogens with one attached hydrogen (secondary N) is 1. The third-order valence-electron chi connectivity index (χ3n) is 2.88. The van der Waals surface area contributed by atoms with Gasteiger partial charge in [-0.3, -0.25) is 4.79 Å². The second-order valence-electron chi connectivity index (χ2n) is 4.17. The van der Waals surface area contributed by atoms with E-state index >= 15 is 0 Å². The molecule has 1 aromatic rings. The molecule has 0 aromatic carbocycles. The summed E-state index contributed by atoms with van der Waals surface area (Å²) in [6.07, 6.45) is 4.02. The van der Waals surface area contributed by atoms with Gasteiger partial charge in [0.25, 0.3) is 0 Å². The number of carbonyl (C=O) groups excluding carboxylic acids is 1. The van der Waals surface area contributed by atoms with Crippen LogP contribution in [0.15, 0.2) is 0 Å². The monoisotopic (exact) mass is 224 g/mol. The Bertz CT molecular complexity index is 369. The highest BCUT2D eigenvalue weighted by Crippen LogP contribution is 2.28. The Morgan fingerprint density at radius 3 is 2.80 bits per heavy atom. The van der Waals surface area contributed by atoms with Crippen molar-refractivity contribution in [1.82, 2.24) is 4.98 Å². The summed E-state index contributed by atoms with van der Waals surface area (Å²) >= 11 is 1.47. The van der Waals surface area contributed by atoms with Crippen LogP contribution in [0.5, 0.6) is 0 Å². The van der Waals surface area contributed by atoms with E-state index in [2.05, 4.69) is 10.3 Å². The van der Waals surface area contributed by atoms with Crippen molar-refractivity contribution in [2.45, 2.75) is 33.1 Å². The molecule has 0 radical (unpaired) electrons. The average Bonchev–Trinajstić information content (AvgIpc) is 2.44. The minimum Gasteiger partial charge on any atom is -0.361 e. The number of nitrogens with zero attached hydrogens (tertiary/aromatic N) is 1. The molecule has 15 heavy (non-hydrogen) atoms. The Hall–Kier alpha value is -0.900. The van der Waals surface area contributed by atoms with Gasteiger partial charge < -0.3 is 5.32 Å². The van der Waals surface area contributed by atoms with Crippen molar-refractivity contribution in [2.75, 3.05) is 11.9 Å². The standard InChI is InChI=1S/C11H16N2OS/c1-7-10(8(2)14)15-11(13-7)12-6-9-4-3-5-9/h9H,3-6H2,1-2H3,(H,12,13). The number of thiazole rings is 1. The van der Waals surface area contributed by atoms with Crippen LogP contribution in [0.2, 0.25) is 0 Å². The van der Waals surface area contributed by atoms with E-state index in [0.29, 0.717) is 0 Å². The molecule has 1 fully saturated rings. The van der Waals surface area contributed by atoms with Crippen molar-refractivity contribution >= 4 is 22.3 Å². The number of aryl methyl sites for hydroxylation is 1. The zero-order valence-electron chi connectivity index (χ0n) is 9.17. The van der Waals surface area contributed by atoms with Gasteiger partial charge in [-0.15, -0.1) is 0 Å². The molecule has 1 N–H and O–H groups in total. The van der Waals surface area contributed by atoms with Crippen LogP contribution >= 0.6 is 11.3 Å². The van der Waals surface area contributed by atoms with E-state index in [1.165, 1.54) is 30.6 Å². The minimum absolute atomic E-state index is 0.113. The highest BCUT2D eigenvalue weighted by Gasteiger charge is 2.18. The normalized spacial score (nSPS) is 16.1. The Balaban J connectivity index is 1.96. The van der Waals surface area contributed by atoms with Gasteiger partial charge in [-0.25, -0.2) is 4.98 Å². The average molecular weight is 224 g/mol. The predicted octanol–water partition coefficient (Wildman–Crippen LogP) is 2.87. The molecule has 1 aliphatic rings. The zero-order chi connectivity index (χ0) is 10.8. The van der Waals surface area contributed by atoms with E-state index in [-0.39, 0.29) is 5.78 Å². The van der Waals surface area contributed by atoms with Gasteiger partial charge in [0.1, 0.15) is 0 Å². The molecule has 2 rings (SSSR count). The summed E-state index contributed by atoms with van der Waals surface area (Å²) in [4.78, 5) is 16.4. The Kier molecular flexibility index (Phi) is 3.05. The van der Waals surface area contributed by atoms with Crippen LogP contribution in [0.3, 0.4) is 0 Å². The van der Waals surface area contributed by atoms with Gasteiger partial charge in [-0.1, -0.05) is 17.8 Å². The molecule has 1 heterocycles. The van der Waals surface area contributed by atoms with Gasteiger partial charge in [0, 0.05) is 13.5 Å². The maximum Gasteiger partial charge on any atom is 0.183 e. The van der Waals surface area contributed by atoms with Gasteiger partial charge in [0.15, 0.2) is 10.9 Å². The number of hydrogen-bond acceptors (Lipinski definition) is 4. The molecular weight excluding hydrogens is 208 g/mol. The van der Waals surface area contributed by atoms with Gasteiger partial charge in [0.05, 0.1) is 10.6 Å². The fourth-order valence-corrected chi connectivity index (χ4v) is 2.60. The lowest BCUT2D eigenvalue weighted by Gasteiger charge is -2.25. The number of carbonyl (C=O) groups is 1. The summed E-state index contributed by atoms with van der Waals surface area (Å²) in [5.74, 6) is 0.927. The van der Waals surface area contributed by atoms with E-state index in [1.807, 2.05) is 6.92 Å². The number of ketones is 1. The smallest absolute Gasteiger partial charge is 0.183 e. The number of rotatable bonds is 4. The molecule has 0 saturated heterocycles. The summed E-state index contributed by atoms with van der Waals surface area (Å²) < 4.78 is 0. The molecule has 4 heteroatoms. The lowest BCUT2D eigenvalue weighted by atomic mass is 9.86. The first-order chi connectivity index (χ1) is 7.16. The fraction of sp³-hybridized carbons (Fsp3) is 0.636. The number of Topliss-reactive ketones (excluding diaryl/α,β-unsaturated/α-hetero) is 1. The van der Waals surface area contributed by atoms with Crippen molar-refractivity contribution < 1.29 is 4.79 Å². The topological polar surface area (TPSA) is 42.0 Å². The lowest BCUT2D eigenvalue weighted by Crippen LogP contribution is -2.20. The lowest BCUT2D eigenvalue weighted by molar-refractivity contribution is 0.102. The van der Waals surface area contributed by atoms with Crippen LogP contribution in [0.1, 0.15) is 41.6 Å². The molecule has 0 amide bonds. The number of aromatic nitrogens is 1. The van der Waals surface area contributed by atoms with Crippen molar-refractivity contribution in [3.63, 3.8) is 0 Å². The van der Waals surface area contributed by atoms with Crippen molar-refractivity contribution in [1.29, 1.82) is 0 Å². The van der Waals surface area contributed by atoms with Crippen LogP contribution in [0, 0.1) is 12.8 Å². The van der Waals surface area contributed by atoms with Gasteiger partial charge in [0.2, 0.25) is 0 Å². The number of hydrogen-bond donors (Lipinski definition) is 1. The van der Waals surface area contributed by atoms with Crippen LogP contribution in [0.25, 0.3) is 0 Å². The van der Waals surface area contributed by atoms with E-state index in [0.717, 1.165) is 28.2 Å². The predicted molar refractivity (Wildman–Crippen MR) is 62.7 cm³/mol. The quantitative estimate of drug-likeness (QED) is 0.800. The summed E-state index contributed by atoms with van der Waals surface area (Å²) in [5, 5.41) is 4.21. The molecule has 0 aliphatic heterocycles. The van der Waals surface area contributed by atoms with Gasteiger partial charge in [-0.2, -0.15) is 0 Å². The molecule has 0 unspecified atom stereocenters. The molecule has 3 nitrogen and oxygen atoms in total. The Morgan fingerprint density at radius 2 is 2.33 bits per heavy atom. The van der Waals surface area contributed by atoms with Gasteiger partial charge in [-0.05, 0) is 25.7 Å². The first kappa shape index (κ1) is 10.6. The molecule has 1 aromatic heterocycles. The van der Waals surface area contributed by atoms with Crippen molar-refractivity contribution in [3.05, 3.63) is 10.6 Å². The summed E-state index contributed by atoms with van der Waals surface area (Å²) in [7, 11) is 0. The largest absolute Gasteiger partial charge is 0.361 e. The third-order valence-corrected chi connectivity index (χ3v) is 4.10. The molecule has 1 saturated carbocycles. The SMILES string of the molecule is CC(=O)c1sc(NCC2CCC2)nc1C. The van der Waals surface area contributed by atoms with Crippen LogP contribution < -0.4 is 5.32 Å². The van der Waals surface area contributed by atoms with Crippen molar-refractivity contribution in [2.24, 2.45) is 5.92 Å². The van der Waals surface area contributed by atoms with Crippen molar-refractivity contribution in [3.8, 4) is 0 Å². The molecule has 82 valence electrons. The number of anilines is 1. The van der Waals surface area contributed by atoms with Gasteiger partial charge >= 0.3 is 0 Å². The van der Waals surface area contributed by atoms with Crippen LogP contribution in [-0.4, -0.2) is 17.3 Å². The maximum absolute atomic E-state index is 11.2. The molecule has 0 bridgehead atoms. The second kappa shape index (κ2) is 4.31. The molecule has 0 spiro atoms. The molecule has 0 atom stereocenters. The summed E-state index contributed by atoms with van der Waals surface area (Å²) in [6.45, 7) is 4.49. The Labute approximate surface area is 93.9 Å². The highest BCUT2D eigenvalue weighted by molar-refractivity contribution is 7.17. The van der Waals surface area contributed by atoms with E-state index in [4.69, 9.17) is 0 Å². The van der Waals surface area contributed by atoms with Crippen LogP contribution in [0.4, 0.5) is 5.13 Å². The first-order valence-electron chi connectivity index (χ1n) is 5.39. The second-order valence-corrected chi connectivity index (χ2v) is 5.17.